The van der Waals surface area contributed by atoms with Crippen molar-refractivity contribution in [3.63, 3.8) is 0 Å². The summed E-state index contributed by atoms with van der Waals surface area (Å²) in [4.78, 5) is 25.5. The van der Waals surface area contributed by atoms with Crippen LogP contribution in [0.1, 0.15) is 12.0 Å². The number of rotatable bonds is 3. The molecule has 0 unspecified atom stereocenters. The highest BCUT2D eigenvalue weighted by Crippen LogP contribution is 2.16. The largest absolute Gasteiger partial charge is 0.344 e. The van der Waals surface area contributed by atoms with Gasteiger partial charge in [-0.15, -0.1) is 5.10 Å². The second kappa shape index (κ2) is 6.12. The predicted octanol–water partition coefficient (Wildman–Crippen LogP) is 1.53. The standard InChI is InChI=1S/C16H19N5O2/c1-11-10-21(12-6-4-3-5-7-12)19-14(11)18-16(23)17-13-8-9-20(2)15(13)22/h3-7,10,13H,8-9H2,1-2H3,(H2,17,18,19,23)/t13-/m1/s1. The van der Waals surface area contributed by atoms with Gasteiger partial charge >= 0.3 is 6.03 Å². The van der Waals surface area contributed by atoms with Crippen LogP contribution in [-0.2, 0) is 4.79 Å². The van der Waals surface area contributed by atoms with Crippen LogP contribution in [0.5, 0.6) is 0 Å². The fourth-order valence-electron chi connectivity index (χ4n) is 2.55. The Morgan fingerprint density at radius 2 is 2.04 bits per heavy atom. The number of benzene rings is 1. The van der Waals surface area contributed by atoms with Gasteiger partial charge in [-0.25, -0.2) is 9.48 Å². The number of nitrogens with one attached hydrogen (secondary N) is 2. The van der Waals surface area contributed by atoms with E-state index < -0.39 is 12.1 Å². The first-order chi connectivity index (χ1) is 11.0. The molecule has 1 aromatic heterocycles. The molecule has 2 heterocycles. The number of carbonyl (C=O) groups is 2. The first kappa shape index (κ1) is 15.1. The summed E-state index contributed by atoms with van der Waals surface area (Å²) in [5.41, 5.74) is 1.76. The summed E-state index contributed by atoms with van der Waals surface area (Å²) in [6, 6.07) is 8.77. The van der Waals surface area contributed by atoms with Gasteiger partial charge in [0.2, 0.25) is 5.91 Å². The summed E-state index contributed by atoms with van der Waals surface area (Å²) in [5.74, 6) is 0.414. The lowest BCUT2D eigenvalue weighted by Crippen LogP contribution is -2.42. The second-order valence-electron chi connectivity index (χ2n) is 5.64. The van der Waals surface area contributed by atoms with Crippen LogP contribution in [0, 0.1) is 6.92 Å². The molecule has 0 spiro atoms. The summed E-state index contributed by atoms with van der Waals surface area (Å²) in [6.45, 7) is 2.53. The van der Waals surface area contributed by atoms with Crippen LogP contribution in [-0.4, -0.2) is 46.3 Å². The molecule has 0 bridgehead atoms. The van der Waals surface area contributed by atoms with Crippen molar-refractivity contribution in [1.82, 2.24) is 20.0 Å². The third-order valence-corrected chi connectivity index (χ3v) is 3.88. The van der Waals surface area contributed by atoms with Gasteiger partial charge in [0.05, 0.1) is 5.69 Å². The van der Waals surface area contributed by atoms with Crippen LogP contribution in [0.2, 0.25) is 0 Å². The molecule has 7 nitrogen and oxygen atoms in total. The molecule has 1 aliphatic rings. The van der Waals surface area contributed by atoms with Crippen molar-refractivity contribution in [3.8, 4) is 5.69 Å². The Morgan fingerprint density at radius 3 is 2.70 bits per heavy atom. The van der Waals surface area contributed by atoms with Crippen LogP contribution in [0.25, 0.3) is 5.69 Å². The first-order valence-electron chi connectivity index (χ1n) is 7.49. The maximum atomic E-state index is 12.1. The van der Waals surface area contributed by atoms with Crippen molar-refractivity contribution in [2.24, 2.45) is 0 Å². The number of anilines is 1. The Balaban J connectivity index is 1.67. The van der Waals surface area contributed by atoms with Crippen LogP contribution >= 0.6 is 0 Å². The summed E-state index contributed by atoms with van der Waals surface area (Å²) in [6.07, 6.45) is 2.47. The predicted molar refractivity (Wildman–Crippen MR) is 86.5 cm³/mol. The molecule has 1 saturated heterocycles. The molecule has 0 radical (unpaired) electrons. The molecule has 1 aliphatic heterocycles. The monoisotopic (exact) mass is 313 g/mol. The number of aromatic nitrogens is 2. The fourth-order valence-corrected chi connectivity index (χ4v) is 2.55. The molecule has 1 atom stereocenters. The number of hydrogen-bond donors (Lipinski definition) is 2. The molecular weight excluding hydrogens is 294 g/mol. The number of urea groups is 1. The lowest BCUT2D eigenvalue weighted by Gasteiger charge is -2.12. The lowest BCUT2D eigenvalue weighted by molar-refractivity contribution is -0.128. The lowest BCUT2D eigenvalue weighted by atomic mass is 10.2. The molecule has 0 saturated carbocycles. The minimum absolute atomic E-state index is 0.0633. The number of likely N-dealkylation sites (N-methyl/N-ethyl adjacent to an activating group) is 1. The van der Waals surface area contributed by atoms with E-state index >= 15 is 0 Å². The van der Waals surface area contributed by atoms with E-state index in [2.05, 4.69) is 15.7 Å². The number of amides is 3. The Bertz CT molecular complexity index is 725. The average molecular weight is 313 g/mol. The van der Waals surface area contributed by atoms with Crippen molar-refractivity contribution >= 4 is 17.8 Å². The summed E-state index contributed by atoms with van der Waals surface area (Å²) in [7, 11) is 1.73. The number of hydrogen-bond acceptors (Lipinski definition) is 3. The molecule has 1 aromatic carbocycles. The highest BCUT2D eigenvalue weighted by atomic mass is 16.2. The van der Waals surface area contributed by atoms with Gasteiger partial charge in [-0.3, -0.25) is 10.1 Å². The van der Waals surface area contributed by atoms with Crippen molar-refractivity contribution in [2.45, 2.75) is 19.4 Å². The number of para-hydroxylation sites is 1. The number of carbonyl (C=O) groups excluding carboxylic acids is 2. The van der Waals surface area contributed by atoms with Crippen molar-refractivity contribution in [1.29, 1.82) is 0 Å². The van der Waals surface area contributed by atoms with E-state index in [0.29, 0.717) is 18.8 Å². The SMILES string of the molecule is Cc1cn(-c2ccccc2)nc1NC(=O)N[C@@H]1CCN(C)C1=O. The van der Waals surface area contributed by atoms with E-state index in [1.807, 2.05) is 43.5 Å². The zero-order chi connectivity index (χ0) is 16.4. The quantitative estimate of drug-likeness (QED) is 0.902. The molecule has 7 heteroatoms. The molecule has 2 aromatic rings. The van der Waals surface area contributed by atoms with Crippen LogP contribution in [0.15, 0.2) is 36.5 Å². The maximum Gasteiger partial charge on any atom is 0.321 e. The van der Waals surface area contributed by atoms with Gasteiger partial charge in [-0.2, -0.15) is 0 Å². The third-order valence-electron chi connectivity index (χ3n) is 3.88. The first-order valence-corrected chi connectivity index (χ1v) is 7.49. The van der Waals surface area contributed by atoms with Gasteiger partial charge in [0.1, 0.15) is 6.04 Å². The molecule has 1 fully saturated rings. The van der Waals surface area contributed by atoms with Gasteiger partial charge in [0, 0.05) is 25.4 Å². The molecule has 2 N–H and O–H groups in total. The van der Waals surface area contributed by atoms with E-state index in [-0.39, 0.29) is 5.91 Å². The number of likely N-dealkylation sites (tertiary alicyclic amines) is 1. The van der Waals surface area contributed by atoms with Crippen LogP contribution in [0.3, 0.4) is 0 Å². The smallest absolute Gasteiger partial charge is 0.321 e. The van der Waals surface area contributed by atoms with E-state index in [9.17, 15) is 9.59 Å². The van der Waals surface area contributed by atoms with Gasteiger partial charge in [0.15, 0.2) is 5.82 Å². The normalized spacial score (nSPS) is 17.4. The number of aryl methyl sites for hydroxylation is 1. The molecule has 120 valence electrons. The molecule has 3 rings (SSSR count). The Labute approximate surface area is 134 Å². The number of nitrogens with zero attached hydrogens (tertiary/aromatic N) is 3. The van der Waals surface area contributed by atoms with Crippen molar-refractivity contribution < 1.29 is 9.59 Å². The van der Waals surface area contributed by atoms with E-state index in [1.165, 1.54) is 0 Å². The highest BCUT2D eigenvalue weighted by molar-refractivity contribution is 5.94. The second-order valence-corrected chi connectivity index (χ2v) is 5.64. The van der Waals surface area contributed by atoms with Gasteiger partial charge in [0.25, 0.3) is 0 Å². The molecular formula is C16H19N5O2. The fraction of sp³-hybridized carbons (Fsp3) is 0.312. The molecule has 3 amide bonds. The Kier molecular flexibility index (Phi) is 4.01. The molecule has 0 aliphatic carbocycles. The van der Waals surface area contributed by atoms with Crippen molar-refractivity contribution in [3.05, 3.63) is 42.1 Å². The summed E-state index contributed by atoms with van der Waals surface area (Å²) < 4.78 is 1.71. The Hall–Kier alpha value is -2.83. The van der Waals surface area contributed by atoms with Crippen LogP contribution < -0.4 is 10.6 Å². The summed E-state index contributed by atoms with van der Waals surface area (Å²) in [5, 5.41) is 9.78. The van der Waals surface area contributed by atoms with Gasteiger partial charge < -0.3 is 10.2 Å². The third kappa shape index (κ3) is 3.18. The zero-order valence-corrected chi connectivity index (χ0v) is 13.1. The van der Waals surface area contributed by atoms with E-state index in [1.54, 1.807) is 16.6 Å². The summed E-state index contributed by atoms with van der Waals surface area (Å²) >= 11 is 0. The van der Waals surface area contributed by atoms with E-state index in [0.717, 1.165) is 11.3 Å². The van der Waals surface area contributed by atoms with Crippen LogP contribution in [0.4, 0.5) is 10.6 Å². The minimum atomic E-state index is -0.462. The highest BCUT2D eigenvalue weighted by Gasteiger charge is 2.30. The van der Waals surface area contributed by atoms with Gasteiger partial charge in [-0.1, -0.05) is 18.2 Å². The topological polar surface area (TPSA) is 79.3 Å². The van der Waals surface area contributed by atoms with Gasteiger partial charge in [-0.05, 0) is 25.5 Å². The Morgan fingerprint density at radius 1 is 1.30 bits per heavy atom. The zero-order valence-electron chi connectivity index (χ0n) is 13.1. The maximum absolute atomic E-state index is 12.1. The van der Waals surface area contributed by atoms with E-state index in [4.69, 9.17) is 0 Å². The average Bonchev–Trinajstić information content (AvgIpc) is 3.06. The van der Waals surface area contributed by atoms with Crippen molar-refractivity contribution in [2.75, 3.05) is 18.9 Å². The minimum Gasteiger partial charge on any atom is -0.344 e. The molecule has 23 heavy (non-hydrogen) atoms.